The zero-order valence-electron chi connectivity index (χ0n) is 14.9. The zero-order valence-corrected chi connectivity index (χ0v) is 16.5. The lowest BCUT2D eigenvalue weighted by molar-refractivity contribution is -0.127. The number of aryl methyl sites for hydroxylation is 1. The highest BCUT2D eigenvalue weighted by Crippen LogP contribution is 2.27. The van der Waals surface area contributed by atoms with E-state index < -0.39 is 12.0 Å². The minimum absolute atomic E-state index is 0.0968. The lowest BCUT2D eigenvalue weighted by Crippen LogP contribution is -2.33. The van der Waals surface area contributed by atoms with Crippen molar-refractivity contribution >= 4 is 38.8 Å². The van der Waals surface area contributed by atoms with Gasteiger partial charge in [-0.15, -0.1) is 0 Å². The number of nitrogens with one attached hydrogen (secondary N) is 1. The summed E-state index contributed by atoms with van der Waals surface area (Å²) in [6.45, 7) is 3.62. The molecule has 0 aliphatic heterocycles. The summed E-state index contributed by atoms with van der Waals surface area (Å²) in [7, 11) is 0. The number of hydrogen-bond donors (Lipinski definition) is 2. The molecule has 3 aromatic rings. The van der Waals surface area contributed by atoms with Crippen LogP contribution in [0.5, 0.6) is 11.5 Å². The van der Waals surface area contributed by atoms with Crippen molar-refractivity contribution in [1.29, 1.82) is 0 Å². The molecule has 3 rings (SSSR count). The van der Waals surface area contributed by atoms with Gasteiger partial charge in [-0.25, -0.2) is 5.43 Å². The summed E-state index contributed by atoms with van der Waals surface area (Å²) in [5, 5.41) is 15.9. The van der Waals surface area contributed by atoms with Crippen LogP contribution in [0.15, 0.2) is 64.2 Å². The number of phenols is 1. The Kier molecular flexibility index (Phi) is 5.76. The molecule has 0 saturated heterocycles. The molecule has 0 aliphatic carbocycles. The number of amides is 1. The first kappa shape index (κ1) is 18.9. The number of halogens is 1. The van der Waals surface area contributed by atoms with Crippen LogP contribution in [0.2, 0.25) is 0 Å². The summed E-state index contributed by atoms with van der Waals surface area (Å²) >= 11 is 3.42. The Morgan fingerprint density at radius 2 is 2.00 bits per heavy atom. The van der Waals surface area contributed by atoms with Crippen molar-refractivity contribution < 1.29 is 14.6 Å². The summed E-state index contributed by atoms with van der Waals surface area (Å²) < 4.78 is 6.46. The molecule has 0 unspecified atom stereocenters. The molecule has 0 aromatic heterocycles. The predicted octanol–water partition coefficient (Wildman–Crippen LogP) is 4.53. The van der Waals surface area contributed by atoms with E-state index in [9.17, 15) is 9.90 Å². The van der Waals surface area contributed by atoms with Crippen LogP contribution in [0.1, 0.15) is 18.1 Å². The third-order valence-electron chi connectivity index (χ3n) is 4.08. The molecule has 0 fully saturated rings. The van der Waals surface area contributed by atoms with Crippen LogP contribution in [-0.2, 0) is 4.79 Å². The highest BCUT2D eigenvalue weighted by Gasteiger charge is 2.15. The second-order valence-corrected chi connectivity index (χ2v) is 7.00. The quantitative estimate of drug-likeness (QED) is 0.464. The van der Waals surface area contributed by atoms with Crippen LogP contribution in [0.25, 0.3) is 10.8 Å². The summed E-state index contributed by atoms with van der Waals surface area (Å²) in [6.07, 6.45) is 0.701. The Labute approximate surface area is 165 Å². The van der Waals surface area contributed by atoms with Crippen LogP contribution >= 0.6 is 15.9 Å². The van der Waals surface area contributed by atoms with E-state index in [-0.39, 0.29) is 5.75 Å². The molecular formula is C21H19BrN2O3. The van der Waals surface area contributed by atoms with E-state index in [0.29, 0.717) is 11.3 Å². The van der Waals surface area contributed by atoms with Crippen molar-refractivity contribution in [3.63, 3.8) is 0 Å². The van der Waals surface area contributed by atoms with E-state index in [1.165, 1.54) is 6.21 Å². The maximum Gasteiger partial charge on any atom is 0.280 e. The molecule has 27 heavy (non-hydrogen) atoms. The van der Waals surface area contributed by atoms with Crippen LogP contribution in [0, 0.1) is 6.92 Å². The van der Waals surface area contributed by atoms with Gasteiger partial charge in [0.2, 0.25) is 0 Å². The predicted molar refractivity (Wildman–Crippen MR) is 110 cm³/mol. The van der Waals surface area contributed by atoms with E-state index in [1.54, 1.807) is 19.1 Å². The minimum Gasteiger partial charge on any atom is -0.507 e. The van der Waals surface area contributed by atoms with Gasteiger partial charge in [0.15, 0.2) is 6.10 Å². The average Bonchev–Trinajstić information content (AvgIpc) is 2.65. The largest absolute Gasteiger partial charge is 0.507 e. The van der Waals surface area contributed by atoms with E-state index in [4.69, 9.17) is 4.74 Å². The van der Waals surface area contributed by atoms with Crippen LogP contribution in [-0.4, -0.2) is 23.3 Å². The Balaban J connectivity index is 1.69. The number of nitrogens with zero attached hydrogens (tertiary/aromatic N) is 1. The molecule has 2 N–H and O–H groups in total. The van der Waals surface area contributed by atoms with Crippen LogP contribution in [0.3, 0.4) is 0 Å². The van der Waals surface area contributed by atoms with Crippen molar-refractivity contribution in [3.05, 3.63) is 70.2 Å². The number of hydrazone groups is 1. The number of rotatable bonds is 5. The average molecular weight is 427 g/mol. The molecule has 0 bridgehead atoms. The summed E-state index contributed by atoms with van der Waals surface area (Å²) in [5.74, 6) is 0.289. The van der Waals surface area contributed by atoms with Gasteiger partial charge in [0, 0.05) is 5.56 Å². The molecule has 6 heteroatoms. The fourth-order valence-corrected chi connectivity index (χ4v) is 3.20. The number of carbonyl (C=O) groups is 1. The lowest BCUT2D eigenvalue weighted by Gasteiger charge is -2.14. The van der Waals surface area contributed by atoms with E-state index in [1.807, 2.05) is 49.4 Å². The molecule has 0 saturated carbocycles. The SMILES string of the molecule is Cc1ccc(O[C@@H](C)C(=O)N/N=C\c2c(O)ccc3ccccc23)c(Br)c1. The molecule has 5 nitrogen and oxygen atoms in total. The van der Waals surface area contributed by atoms with Gasteiger partial charge in [0.05, 0.1) is 10.7 Å². The second kappa shape index (κ2) is 8.22. The van der Waals surface area contributed by atoms with Gasteiger partial charge in [0.25, 0.3) is 5.91 Å². The Morgan fingerprint density at radius 1 is 1.22 bits per heavy atom. The number of carbonyl (C=O) groups excluding carboxylic acids is 1. The van der Waals surface area contributed by atoms with E-state index >= 15 is 0 Å². The maximum atomic E-state index is 12.2. The first-order valence-corrected chi connectivity index (χ1v) is 9.21. The number of fused-ring (bicyclic) bond motifs is 1. The standard InChI is InChI=1S/C21H19BrN2O3/c1-13-7-10-20(18(22)11-13)27-14(2)21(26)24-23-12-17-16-6-4-3-5-15(16)8-9-19(17)25/h3-12,14,25H,1-2H3,(H,24,26)/b23-12-/t14-/m0/s1. The Hall–Kier alpha value is -2.86. The van der Waals surface area contributed by atoms with Crippen molar-refractivity contribution in [2.24, 2.45) is 5.10 Å². The van der Waals surface area contributed by atoms with Crippen LogP contribution in [0.4, 0.5) is 0 Å². The number of phenolic OH excluding ortho intramolecular Hbond substituents is 1. The molecule has 138 valence electrons. The monoisotopic (exact) mass is 426 g/mol. The topological polar surface area (TPSA) is 70.9 Å². The van der Waals surface area contributed by atoms with Crippen molar-refractivity contribution in [2.75, 3.05) is 0 Å². The fourth-order valence-electron chi connectivity index (χ4n) is 2.62. The molecule has 0 aliphatic rings. The van der Waals surface area contributed by atoms with Gasteiger partial charge < -0.3 is 9.84 Å². The highest BCUT2D eigenvalue weighted by atomic mass is 79.9. The Morgan fingerprint density at radius 3 is 2.78 bits per heavy atom. The molecule has 3 aromatic carbocycles. The van der Waals surface area contributed by atoms with Crippen molar-refractivity contribution in [3.8, 4) is 11.5 Å². The normalized spacial score (nSPS) is 12.3. The van der Waals surface area contributed by atoms with Crippen molar-refractivity contribution in [1.82, 2.24) is 5.43 Å². The molecule has 1 atom stereocenters. The van der Waals surface area contributed by atoms with Gasteiger partial charge in [-0.2, -0.15) is 5.10 Å². The van der Waals surface area contributed by atoms with Gasteiger partial charge in [-0.3, -0.25) is 4.79 Å². The van der Waals surface area contributed by atoms with E-state index in [0.717, 1.165) is 20.8 Å². The minimum atomic E-state index is -0.734. The number of benzene rings is 3. The lowest BCUT2D eigenvalue weighted by atomic mass is 10.0. The maximum absolute atomic E-state index is 12.2. The van der Waals surface area contributed by atoms with Crippen molar-refractivity contribution in [2.45, 2.75) is 20.0 Å². The second-order valence-electron chi connectivity index (χ2n) is 6.15. The van der Waals surface area contributed by atoms with E-state index in [2.05, 4.69) is 26.5 Å². The van der Waals surface area contributed by atoms with Crippen LogP contribution < -0.4 is 10.2 Å². The molecule has 0 spiro atoms. The molecule has 0 heterocycles. The molecular weight excluding hydrogens is 408 g/mol. The van der Waals surface area contributed by atoms with Gasteiger partial charge in [0.1, 0.15) is 11.5 Å². The van der Waals surface area contributed by atoms with Gasteiger partial charge in [-0.1, -0.05) is 36.4 Å². The fraction of sp³-hybridized carbons (Fsp3) is 0.143. The Bertz CT molecular complexity index is 1020. The first-order valence-electron chi connectivity index (χ1n) is 8.42. The molecule has 0 radical (unpaired) electrons. The molecule has 1 amide bonds. The third kappa shape index (κ3) is 4.46. The van der Waals surface area contributed by atoms with Gasteiger partial charge in [-0.05, 0) is 64.3 Å². The first-order chi connectivity index (χ1) is 13.0. The summed E-state index contributed by atoms with van der Waals surface area (Å²) in [4.78, 5) is 12.2. The summed E-state index contributed by atoms with van der Waals surface area (Å²) in [5.41, 5.74) is 4.09. The summed E-state index contributed by atoms with van der Waals surface area (Å²) in [6, 6.07) is 16.7. The number of aromatic hydroxyl groups is 1. The number of ether oxygens (including phenoxy) is 1. The zero-order chi connectivity index (χ0) is 19.4. The van der Waals surface area contributed by atoms with Gasteiger partial charge >= 0.3 is 0 Å². The highest BCUT2D eigenvalue weighted by molar-refractivity contribution is 9.10. The number of hydrogen-bond acceptors (Lipinski definition) is 4. The third-order valence-corrected chi connectivity index (χ3v) is 4.70. The smallest absolute Gasteiger partial charge is 0.280 e.